The number of fused-ring (bicyclic) bond motifs is 1. The van der Waals surface area contributed by atoms with Crippen molar-refractivity contribution in [2.75, 3.05) is 0 Å². The molecule has 0 aliphatic rings. The van der Waals surface area contributed by atoms with Crippen LogP contribution < -0.4 is 5.56 Å². The second kappa shape index (κ2) is 10.5. The molecule has 0 saturated carbocycles. The second-order valence-corrected chi connectivity index (χ2v) is 10.0. The molecule has 8 nitrogen and oxygen atoms in total. The summed E-state index contributed by atoms with van der Waals surface area (Å²) in [5.74, 6) is 1.74. The first kappa shape index (κ1) is 24.6. The number of rotatable bonds is 9. The minimum atomic E-state index is -0.155. The van der Waals surface area contributed by atoms with Crippen molar-refractivity contribution >= 4 is 10.9 Å². The van der Waals surface area contributed by atoms with Crippen LogP contribution in [0.5, 0.6) is 0 Å². The largest absolute Gasteiger partial charge is 0.468 e. The zero-order chi connectivity index (χ0) is 25.9. The third-order valence-electron chi connectivity index (χ3n) is 6.73. The van der Waals surface area contributed by atoms with Gasteiger partial charge < -0.3 is 9.40 Å². The first-order valence-corrected chi connectivity index (χ1v) is 12.6. The van der Waals surface area contributed by atoms with E-state index in [9.17, 15) is 4.79 Å². The summed E-state index contributed by atoms with van der Waals surface area (Å²) in [6.45, 7) is 9.91. The quantitative estimate of drug-likeness (QED) is 0.303. The van der Waals surface area contributed by atoms with Gasteiger partial charge in [0.15, 0.2) is 5.82 Å². The van der Waals surface area contributed by atoms with Gasteiger partial charge in [-0.25, -0.2) is 4.68 Å². The number of pyridine rings is 1. The summed E-state index contributed by atoms with van der Waals surface area (Å²) in [5.41, 5.74) is 4.84. The highest BCUT2D eigenvalue weighted by Crippen LogP contribution is 2.31. The van der Waals surface area contributed by atoms with Crippen molar-refractivity contribution in [3.8, 4) is 0 Å². The average molecular weight is 497 g/mol. The molecule has 0 amide bonds. The Kier molecular flexibility index (Phi) is 7.01. The summed E-state index contributed by atoms with van der Waals surface area (Å²) in [6.07, 6.45) is 1.67. The van der Waals surface area contributed by atoms with E-state index in [0.29, 0.717) is 25.2 Å². The van der Waals surface area contributed by atoms with Gasteiger partial charge in [-0.15, -0.1) is 5.10 Å². The van der Waals surface area contributed by atoms with Crippen LogP contribution in [-0.4, -0.2) is 30.1 Å². The fraction of sp³-hybridized carbons (Fsp3) is 0.310. The second-order valence-electron chi connectivity index (χ2n) is 10.0. The van der Waals surface area contributed by atoms with E-state index in [1.807, 2.05) is 54.1 Å². The van der Waals surface area contributed by atoms with E-state index in [1.54, 1.807) is 6.26 Å². The van der Waals surface area contributed by atoms with Gasteiger partial charge in [-0.2, -0.15) is 0 Å². The molecule has 0 bridgehead atoms. The molecule has 0 radical (unpaired) electrons. The summed E-state index contributed by atoms with van der Waals surface area (Å²) < 4.78 is 7.58. The van der Waals surface area contributed by atoms with E-state index in [1.165, 1.54) is 0 Å². The molecule has 3 aromatic heterocycles. The minimum absolute atomic E-state index is 0.0895. The van der Waals surface area contributed by atoms with Crippen molar-refractivity contribution in [1.82, 2.24) is 30.1 Å². The first-order valence-electron chi connectivity index (χ1n) is 12.6. The minimum Gasteiger partial charge on any atom is -0.468 e. The van der Waals surface area contributed by atoms with Crippen LogP contribution in [0.2, 0.25) is 0 Å². The van der Waals surface area contributed by atoms with Crippen molar-refractivity contribution in [1.29, 1.82) is 0 Å². The van der Waals surface area contributed by atoms with E-state index >= 15 is 0 Å². The summed E-state index contributed by atoms with van der Waals surface area (Å²) in [6, 6.07) is 20.0. The molecule has 2 aromatic carbocycles. The Morgan fingerprint density at radius 2 is 1.84 bits per heavy atom. The number of aryl methyl sites for hydroxylation is 2. The number of H-pyrrole nitrogens is 1. The van der Waals surface area contributed by atoms with Gasteiger partial charge in [0.05, 0.1) is 25.4 Å². The molecule has 0 aliphatic heterocycles. The fourth-order valence-corrected chi connectivity index (χ4v) is 5.08. The predicted molar refractivity (Wildman–Crippen MR) is 143 cm³/mol. The Balaban J connectivity index is 1.55. The smallest absolute Gasteiger partial charge is 0.252 e. The lowest BCUT2D eigenvalue weighted by Gasteiger charge is -2.33. The van der Waals surface area contributed by atoms with Crippen LogP contribution in [0.1, 0.15) is 53.7 Å². The zero-order valence-corrected chi connectivity index (χ0v) is 21.7. The molecule has 1 atom stereocenters. The summed E-state index contributed by atoms with van der Waals surface area (Å²) >= 11 is 0. The molecule has 5 aromatic rings. The van der Waals surface area contributed by atoms with Crippen molar-refractivity contribution in [3.63, 3.8) is 0 Å². The van der Waals surface area contributed by atoms with E-state index in [4.69, 9.17) is 4.42 Å². The number of benzene rings is 2. The van der Waals surface area contributed by atoms with Crippen LogP contribution >= 0.6 is 0 Å². The predicted octanol–water partition coefficient (Wildman–Crippen LogP) is 5.17. The van der Waals surface area contributed by atoms with Crippen LogP contribution in [0.25, 0.3) is 10.9 Å². The number of aromatic amines is 1. The third-order valence-corrected chi connectivity index (χ3v) is 6.73. The molecule has 0 aliphatic carbocycles. The Morgan fingerprint density at radius 3 is 2.57 bits per heavy atom. The van der Waals surface area contributed by atoms with Crippen LogP contribution in [0, 0.1) is 19.8 Å². The Bertz CT molecular complexity index is 1540. The van der Waals surface area contributed by atoms with Crippen molar-refractivity contribution in [2.24, 2.45) is 5.92 Å². The molecule has 1 unspecified atom stereocenters. The van der Waals surface area contributed by atoms with Crippen LogP contribution in [0.3, 0.4) is 0 Å². The first-order chi connectivity index (χ1) is 17.9. The molecule has 0 spiro atoms. The molecule has 0 fully saturated rings. The fourth-order valence-electron chi connectivity index (χ4n) is 5.08. The number of hydrogen-bond acceptors (Lipinski definition) is 6. The lowest BCUT2D eigenvalue weighted by Crippen LogP contribution is -2.35. The molecule has 0 saturated heterocycles. The molecule has 5 rings (SSSR count). The molecular formula is C29H32N6O2. The molecule has 8 heteroatoms. The van der Waals surface area contributed by atoms with Crippen LogP contribution in [0.15, 0.2) is 76.1 Å². The SMILES string of the molecule is Cc1cc(C)c2cc(CN(Cc3ccco3)C(c3nnnn3Cc3ccccc3)C(C)C)c(=O)[nH]c2c1. The molecule has 190 valence electrons. The van der Waals surface area contributed by atoms with Gasteiger partial charge in [-0.1, -0.05) is 50.2 Å². The highest BCUT2D eigenvalue weighted by molar-refractivity contribution is 5.83. The Morgan fingerprint density at radius 1 is 1.03 bits per heavy atom. The standard InChI is InChI=1S/C29H32N6O2/c1-19(2)27(28-31-32-33-35(28)16-22-9-6-5-7-10-22)34(18-24-11-8-12-37-24)17-23-15-25-21(4)13-20(3)14-26(25)30-29(23)36/h5-15,19,27H,16-18H2,1-4H3,(H,30,36). The lowest BCUT2D eigenvalue weighted by atomic mass is 9.99. The van der Waals surface area contributed by atoms with Crippen molar-refractivity contribution < 1.29 is 4.42 Å². The van der Waals surface area contributed by atoms with Crippen LogP contribution in [0.4, 0.5) is 0 Å². The van der Waals surface area contributed by atoms with Crippen molar-refractivity contribution in [2.45, 2.75) is 53.4 Å². The summed E-state index contributed by atoms with van der Waals surface area (Å²) in [7, 11) is 0. The highest BCUT2D eigenvalue weighted by Gasteiger charge is 2.30. The van der Waals surface area contributed by atoms with Gasteiger partial charge >= 0.3 is 0 Å². The van der Waals surface area contributed by atoms with Gasteiger partial charge in [-0.3, -0.25) is 9.69 Å². The monoisotopic (exact) mass is 496 g/mol. The maximum absolute atomic E-state index is 13.2. The normalized spacial score (nSPS) is 12.6. The third kappa shape index (κ3) is 5.39. The van der Waals surface area contributed by atoms with E-state index in [2.05, 4.69) is 64.4 Å². The number of hydrogen-bond donors (Lipinski definition) is 1. The molecule has 3 heterocycles. The van der Waals surface area contributed by atoms with Gasteiger partial charge in [0.1, 0.15) is 5.76 Å². The van der Waals surface area contributed by atoms with E-state index in [-0.39, 0.29) is 17.5 Å². The van der Waals surface area contributed by atoms with Gasteiger partial charge in [0.2, 0.25) is 0 Å². The molecule has 37 heavy (non-hydrogen) atoms. The number of nitrogens with one attached hydrogen (secondary N) is 1. The van der Waals surface area contributed by atoms with E-state index < -0.39 is 0 Å². The molecule has 1 N–H and O–H groups in total. The number of furan rings is 1. The maximum atomic E-state index is 13.2. The van der Waals surface area contributed by atoms with Crippen LogP contribution in [-0.2, 0) is 19.6 Å². The number of nitrogens with zero attached hydrogens (tertiary/aromatic N) is 5. The average Bonchev–Trinajstić information content (AvgIpc) is 3.53. The Hall–Kier alpha value is -4.04. The van der Waals surface area contributed by atoms with Gasteiger partial charge in [0, 0.05) is 23.0 Å². The zero-order valence-electron chi connectivity index (χ0n) is 21.7. The summed E-state index contributed by atoms with van der Waals surface area (Å²) in [4.78, 5) is 18.6. The lowest BCUT2D eigenvalue weighted by molar-refractivity contribution is 0.116. The van der Waals surface area contributed by atoms with Gasteiger partial charge in [0.25, 0.3) is 5.56 Å². The number of tetrazole rings is 1. The van der Waals surface area contributed by atoms with Gasteiger partial charge in [-0.05, 0) is 71.1 Å². The van der Waals surface area contributed by atoms with Crippen molar-refractivity contribution in [3.05, 3.63) is 111 Å². The Labute approximate surface area is 215 Å². The van der Waals surface area contributed by atoms with E-state index in [0.717, 1.165) is 39.2 Å². The maximum Gasteiger partial charge on any atom is 0.252 e. The number of aromatic nitrogens is 5. The molecular weight excluding hydrogens is 464 g/mol. The highest BCUT2D eigenvalue weighted by atomic mass is 16.3. The summed E-state index contributed by atoms with van der Waals surface area (Å²) in [5, 5.41) is 13.9. The topological polar surface area (TPSA) is 92.8 Å².